The van der Waals surface area contributed by atoms with Crippen LogP contribution in [-0.4, -0.2) is 24.5 Å². The Morgan fingerprint density at radius 3 is 2.65 bits per heavy atom. The largest absolute Gasteiger partial charge is 0.349 e. The van der Waals surface area contributed by atoms with Crippen LogP contribution in [0.4, 0.5) is 0 Å². The normalized spacial score (nSPS) is 11.6. The summed E-state index contributed by atoms with van der Waals surface area (Å²) in [6.07, 6.45) is 1.40. The summed E-state index contributed by atoms with van der Waals surface area (Å²) in [4.78, 5) is 17.7. The van der Waals surface area contributed by atoms with Crippen LogP contribution in [0.3, 0.4) is 0 Å². The fraction of sp³-hybridized carbons (Fsp3) is 0.412. The summed E-state index contributed by atoms with van der Waals surface area (Å²) in [5.74, 6) is 0.0943. The van der Waals surface area contributed by atoms with Gasteiger partial charge in [0.25, 0.3) is 0 Å². The second-order valence-electron chi connectivity index (χ2n) is 5.33. The Balaban J connectivity index is 0.00000264. The van der Waals surface area contributed by atoms with Gasteiger partial charge in [0, 0.05) is 12.0 Å². The molecule has 1 amide bonds. The smallest absolute Gasteiger partial charge is 0.220 e. The number of hydrogen-bond acceptors (Lipinski definition) is 4. The Labute approximate surface area is 148 Å². The first kappa shape index (κ1) is 19.6. The van der Waals surface area contributed by atoms with E-state index in [-0.39, 0.29) is 24.4 Å². The molecule has 126 valence electrons. The fourth-order valence-electron chi connectivity index (χ4n) is 2.32. The number of carbonyl (C=O) groups excluding carboxylic acids is 1. The van der Waals surface area contributed by atoms with Gasteiger partial charge in [0.05, 0.1) is 16.6 Å². The second kappa shape index (κ2) is 9.65. The summed E-state index contributed by atoms with van der Waals surface area (Å²) in [6.45, 7) is 4.88. The molecule has 0 aliphatic carbocycles. The van der Waals surface area contributed by atoms with Gasteiger partial charge in [-0.15, -0.1) is 23.7 Å². The molecule has 0 saturated heterocycles. The van der Waals surface area contributed by atoms with E-state index < -0.39 is 0 Å². The van der Waals surface area contributed by atoms with Crippen molar-refractivity contribution < 1.29 is 4.79 Å². The van der Waals surface area contributed by atoms with Gasteiger partial charge in [-0.3, -0.25) is 4.79 Å². The standard InChI is InChI=1S/C17H23N3OS.ClH/c1-12(19-15(21)10-7-11-18-3)16-13(2)20-17(22-16)14-8-5-4-6-9-14;/h4-6,8-9,12,18H,7,10-11H2,1-3H3,(H,19,21);1H. The average Bonchev–Trinajstić information content (AvgIpc) is 2.90. The van der Waals surface area contributed by atoms with Crippen LogP contribution in [0.5, 0.6) is 0 Å². The molecule has 0 aliphatic rings. The first-order valence-electron chi connectivity index (χ1n) is 7.58. The lowest BCUT2D eigenvalue weighted by Gasteiger charge is -2.12. The van der Waals surface area contributed by atoms with E-state index in [1.165, 1.54) is 0 Å². The molecule has 0 spiro atoms. The lowest BCUT2D eigenvalue weighted by Crippen LogP contribution is -2.27. The number of aryl methyl sites for hydroxylation is 1. The monoisotopic (exact) mass is 353 g/mol. The Morgan fingerprint density at radius 2 is 2.00 bits per heavy atom. The van der Waals surface area contributed by atoms with Gasteiger partial charge in [-0.25, -0.2) is 4.98 Å². The number of halogens is 1. The molecule has 0 saturated carbocycles. The molecule has 2 rings (SSSR count). The lowest BCUT2D eigenvalue weighted by atomic mass is 10.2. The van der Waals surface area contributed by atoms with Crippen molar-refractivity contribution in [1.82, 2.24) is 15.6 Å². The number of benzene rings is 1. The average molecular weight is 354 g/mol. The highest BCUT2D eigenvalue weighted by atomic mass is 35.5. The molecule has 0 radical (unpaired) electrons. The van der Waals surface area contributed by atoms with E-state index >= 15 is 0 Å². The molecule has 0 bridgehead atoms. The van der Waals surface area contributed by atoms with Crippen molar-refractivity contribution in [3.8, 4) is 10.6 Å². The minimum absolute atomic E-state index is 0. The molecular formula is C17H24ClN3OS. The number of hydrogen-bond donors (Lipinski definition) is 2. The van der Waals surface area contributed by atoms with Crippen molar-refractivity contribution in [2.24, 2.45) is 0 Å². The van der Waals surface area contributed by atoms with Gasteiger partial charge in [0.2, 0.25) is 5.91 Å². The first-order chi connectivity index (χ1) is 10.6. The maximum absolute atomic E-state index is 11.9. The first-order valence-corrected chi connectivity index (χ1v) is 8.40. The number of amides is 1. The van der Waals surface area contributed by atoms with Crippen LogP contribution in [0.15, 0.2) is 30.3 Å². The van der Waals surface area contributed by atoms with Gasteiger partial charge in [0.1, 0.15) is 5.01 Å². The van der Waals surface area contributed by atoms with E-state index in [2.05, 4.69) is 27.8 Å². The molecular weight excluding hydrogens is 330 g/mol. The van der Waals surface area contributed by atoms with Gasteiger partial charge in [-0.1, -0.05) is 30.3 Å². The predicted octanol–water partition coefficient (Wildman–Crippen LogP) is 3.72. The number of thiazole rings is 1. The van der Waals surface area contributed by atoms with Gasteiger partial charge in [-0.2, -0.15) is 0 Å². The fourth-order valence-corrected chi connectivity index (χ4v) is 3.39. The van der Waals surface area contributed by atoms with Crippen LogP contribution in [0.1, 0.15) is 36.4 Å². The highest BCUT2D eigenvalue weighted by Crippen LogP contribution is 2.31. The molecule has 1 aromatic carbocycles. The summed E-state index contributed by atoms with van der Waals surface area (Å²) < 4.78 is 0. The van der Waals surface area contributed by atoms with Crippen LogP contribution in [0.2, 0.25) is 0 Å². The molecule has 23 heavy (non-hydrogen) atoms. The van der Waals surface area contributed by atoms with Crippen LogP contribution < -0.4 is 10.6 Å². The number of aromatic nitrogens is 1. The van der Waals surface area contributed by atoms with Crippen molar-refractivity contribution in [3.05, 3.63) is 40.9 Å². The zero-order valence-electron chi connectivity index (χ0n) is 13.8. The van der Waals surface area contributed by atoms with Crippen LogP contribution >= 0.6 is 23.7 Å². The molecule has 6 heteroatoms. The molecule has 4 nitrogen and oxygen atoms in total. The number of rotatable bonds is 7. The highest BCUT2D eigenvalue weighted by molar-refractivity contribution is 7.15. The van der Waals surface area contributed by atoms with Gasteiger partial charge < -0.3 is 10.6 Å². The molecule has 0 aliphatic heterocycles. The van der Waals surface area contributed by atoms with Gasteiger partial charge in [0.15, 0.2) is 0 Å². The van der Waals surface area contributed by atoms with Gasteiger partial charge >= 0.3 is 0 Å². The van der Waals surface area contributed by atoms with Crippen molar-refractivity contribution in [2.75, 3.05) is 13.6 Å². The SMILES string of the molecule is CNCCCC(=O)NC(C)c1sc(-c2ccccc2)nc1C.Cl. The molecule has 2 N–H and O–H groups in total. The molecule has 2 aromatic rings. The van der Waals surface area contributed by atoms with E-state index in [0.29, 0.717) is 6.42 Å². The zero-order valence-corrected chi connectivity index (χ0v) is 15.4. The summed E-state index contributed by atoms with van der Waals surface area (Å²) >= 11 is 1.65. The van der Waals surface area contributed by atoms with Crippen molar-refractivity contribution >= 4 is 29.7 Å². The van der Waals surface area contributed by atoms with E-state index in [1.54, 1.807) is 11.3 Å². The lowest BCUT2D eigenvalue weighted by molar-refractivity contribution is -0.121. The third-order valence-corrected chi connectivity index (χ3v) is 4.84. The quantitative estimate of drug-likeness (QED) is 0.746. The predicted molar refractivity (Wildman–Crippen MR) is 99.3 cm³/mol. The third-order valence-electron chi connectivity index (χ3n) is 3.45. The maximum Gasteiger partial charge on any atom is 0.220 e. The number of carbonyl (C=O) groups is 1. The van der Waals surface area contributed by atoms with Crippen molar-refractivity contribution in [3.63, 3.8) is 0 Å². The second-order valence-corrected chi connectivity index (χ2v) is 6.36. The Morgan fingerprint density at radius 1 is 1.30 bits per heavy atom. The highest BCUT2D eigenvalue weighted by Gasteiger charge is 2.16. The molecule has 1 heterocycles. The maximum atomic E-state index is 11.9. The molecule has 1 aromatic heterocycles. The van der Waals surface area contributed by atoms with E-state index in [0.717, 1.165) is 34.1 Å². The Hall–Kier alpha value is -1.43. The topological polar surface area (TPSA) is 54.0 Å². The Kier molecular flexibility index (Phi) is 8.23. The Bertz CT molecular complexity index is 616. The third kappa shape index (κ3) is 5.61. The van der Waals surface area contributed by atoms with E-state index in [1.807, 2.05) is 39.1 Å². The molecule has 1 atom stereocenters. The van der Waals surface area contributed by atoms with Crippen molar-refractivity contribution in [2.45, 2.75) is 32.7 Å². The number of nitrogens with zero attached hydrogens (tertiary/aromatic N) is 1. The van der Waals surface area contributed by atoms with Crippen LogP contribution in [0.25, 0.3) is 10.6 Å². The summed E-state index contributed by atoms with van der Waals surface area (Å²) in [6, 6.07) is 10.1. The minimum atomic E-state index is -0.00273. The molecule has 1 unspecified atom stereocenters. The minimum Gasteiger partial charge on any atom is -0.349 e. The molecule has 0 fully saturated rings. The van der Waals surface area contributed by atoms with Crippen LogP contribution in [0, 0.1) is 6.92 Å². The van der Waals surface area contributed by atoms with Gasteiger partial charge in [-0.05, 0) is 33.9 Å². The number of nitrogens with one attached hydrogen (secondary N) is 2. The van der Waals surface area contributed by atoms with E-state index in [9.17, 15) is 4.79 Å². The summed E-state index contributed by atoms with van der Waals surface area (Å²) in [7, 11) is 1.90. The van der Waals surface area contributed by atoms with Crippen LogP contribution in [-0.2, 0) is 4.79 Å². The summed E-state index contributed by atoms with van der Waals surface area (Å²) in [5, 5.41) is 7.12. The summed E-state index contributed by atoms with van der Waals surface area (Å²) in [5.41, 5.74) is 2.11. The van der Waals surface area contributed by atoms with Crippen molar-refractivity contribution in [1.29, 1.82) is 0 Å². The zero-order chi connectivity index (χ0) is 15.9. The van der Waals surface area contributed by atoms with E-state index in [4.69, 9.17) is 0 Å².